The van der Waals surface area contributed by atoms with Crippen molar-refractivity contribution in [3.63, 3.8) is 0 Å². The maximum atomic E-state index is 9.41. The van der Waals surface area contributed by atoms with Crippen LogP contribution in [0.25, 0.3) is 0 Å². The predicted molar refractivity (Wildman–Crippen MR) is 63.4 cm³/mol. The van der Waals surface area contributed by atoms with Gasteiger partial charge in [-0.2, -0.15) is 5.26 Å². The lowest BCUT2D eigenvalue weighted by molar-refractivity contribution is 0.176. The van der Waals surface area contributed by atoms with E-state index in [0.717, 1.165) is 19.3 Å². The maximum Gasteiger partial charge on any atom is 0.107 e. The molecule has 1 fully saturated rings. The van der Waals surface area contributed by atoms with Gasteiger partial charge in [-0.05, 0) is 44.4 Å². The Morgan fingerprint density at radius 3 is 2.33 bits per heavy atom. The molecule has 3 atom stereocenters. The molecule has 0 aromatic carbocycles. The lowest BCUT2D eigenvalue weighted by Crippen LogP contribution is -2.52. The maximum absolute atomic E-state index is 9.41. The molecule has 3 unspecified atom stereocenters. The third kappa shape index (κ3) is 3.21. The van der Waals surface area contributed by atoms with Crippen LogP contribution in [0.2, 0.25) is 0 Å². The van der Waals surface area contributed by atoms with Gasteiger partial charge in [0.15, 0.2) is 0 Å². The minimum absolute atomic E-state index is 0.257. The largest absolute Gasteiger partial charge is 0.297 e. The van der Waals surface area contributed by atoms with Crippen molar-refractivity contribution in [3.05, 3.63) is 0 Å². The summed E-state index contributed by atoms with van der Waals surface area (Å²) < 4.78 is 0. The van der Waals surface area contributed by atoms with Crippen LogP contribution in [-0.2, 0) is 0 Å². The first-order valence-corrected chi connectivity index (χ1v) is 6.20. The fourth-order valence-corrected chi connectivity index (χ4v) is 2.94. The molecule has 0 amide bonds. The third-order valence-electron chi connectivity index (χ3n) is 3.55. The van der Waals surface area contributed by atoms with Gasteiger partial charge in [-0.1, -0.05) is 20.8 Å². The Bertz CT molecular complexity index is 231. The van der Waals surface area contributed by atoms with Gasteiger partial charge in [-0.15, -0.1) is 0 Å². The molecular formula is C13H24N2. The van der Waals surface area contributed by atoms with Gasteiger partial charge < -0.3 is 0 Å². The normalized spacial score (nSPS) is 38.3. The molecule has 0 saturated heterocycles. The number of nitriles is 1. The van der Waals surface area contributed by atoms with E-state index in [0.29, 0.717) is 17.9 Å². The van der Waals surface area contributed by atoms with Crippen LogP contribution in [0.5, 0.6) is 0 Å². The Hall–Kier alpha value is -0.550. The van der Waals surface area contributed by atoms with Crippen molar-refractivity contribution in [2.45, 2.75) is 65.0 Å². The van der Waals surface area contributed by atoms with Gasteiger partial charge >= 0.3 is 0 Å². The fraction of sp³-hybridized carbons (Fsp3) is 0.923. The smallest absolute Gasteiger partial charge is 0.107 e. The molecule has 1 aliphatic carbocycles. The number of nitrogens with one attached hydrogen (secondary N) is 1. The van der Waals surface area contributed by atoms with Gasteiger partial charge in [0, 0.05) is 6.04 Å². The molecule has 86 valence electrons. The molecule has 0 bridgehead atoms. The lowest BCUT2D eigenvalue weighted by Gasteiger charge is -2.40. The Morgan fingerprint density at radius 2 is 1.93 bits per heavy atom. The van der Waals surface area contributed by atoms with E-state index in [1.807, 2.05) is 0 Å². The first-order valence-electron chi connectivity index (χ1n) is 6.20. The van der Waals surface area contributed by atoms with E-state index in [2.05, 4.69) is 39.1 Å². The van der Waals surface area contributed by atoms with Gasteiger partial charge in [-0.25, -0.2) is 0 Å². The molecule has 1 aliphatic rings. The van der Waals surface area contributed by atoms with Crippen LogP contribution in [0.4, 0.5) is 0 Å². The van der Waals surface area contributed by atoms with E-state index in [1.165, 1.54) is 6.42 Å². The predicted octanol–water partition coefficient (Wildman–Crippen LogP) is 3.09. The van der Waals surface area contributed by atoms with Crippen molar-refractivity contribution in [1.29, 1.82) is 5.26 Å². The first-order chi connectivity index (χ1) is 7.01. The molecule has 15 heavy (non-hydrogen) atoms. The van der Waals surface area contributed by atoms with Gasteiger partial charge in [0.05, 0.1) is 6.07 Å². The highest BCUT2D eigenvalue weighted by molar-refractivity contribution is 5.11. The summed E-state index contributed by atoms with van der Waals surface area (Å²) in [6.07, 6.45) is 4.38. The number of hydrogen-bond donors (Lipinski definition) is 1. The van der Waals surface area contributed by atoms with E-state index in [-0.39, 0.29) is 5.54 Å². The molecule has 0 aromatic rings. The van der Waals surface area contributed by atoms with Crippen molar-refractivity contribution in [2.75, 3.05) is 0 Å². The van der Waals surface area contributed by atoms with Crippen LogP contribution in [0.15, 0.2) is 0 Å². The van der Waals surface area contributed by atoms with Gasteiger partial charge in [0.1, 0.15) is 5.54 Å². The molecule has 0 spiro atoms. The third-order valence-corrected chi connectivity index (χ3v) is 3.55. The second-order valence-electron chi connectivity index (χ2n) is 5.50. The molecule has 1 saturated carbocycles. The molecular weight excluding hydrogens is 184 g/mol. The van der Waals surface area contributed by atoms with E-state index < -0.39 is 0 Å². The lowest BCUT2D eigenvalue weighted by atomic mass is 9.72. The second kappa shape index (κ2) is 4.99. The first kappa shape index (κ1) is 12.5. The summed E-state index contributed by atoms with van der Waals surface area (Å²) >= 11 is 0. The fourth-order valence-electron chi connectivity index (χ4n) is 2.94. The van der Waals surface area contributed by atoms with Crippen molar-refractivity contribution in [1.82, 2.24) is 5.32 Å². The monoisotopic (exact) mass is 208 g/mol. The van der Waals surface area contributed by atoms with Crippen LogP contribution in [0.1, 0.15) is 53.4 Å². The summed E-state index contributed by atoms with van der Waals surface area (Å²) in [6.45, 7) is 8.86. The highest BCUT2D eigenvalue weighted by Gasteiger charge is 2.38. The molecule has 0 aromatic heterocycles. The average molecular weight is 208 g/mol. The summed E-state index contributed by atoms with van der Waals surface area (Å²) in [5, 5.41) is 12.9. The topological polar surface area (TPSA) is 35.8 Å². The van der Waals surface area contributed by atoms with Gasteiger partial charge in [0.25, 0.3) is 0 Å². The van der Waals surface area contributed by atoms with E-state index >= 15 is 0 Å². The van der Waals surface area contributed by atoms with Crippen LogP contribution < -0.4 is 5.32 Å². The van der Waals surface area contributed by atoms with Crippen LogP contribution in [0, 0.1) is 23.2 Å². The minimum Gasteiger partial charge on any atom is -0.297 e. The Labute approximate surface area is 94.1 Å². The molecule has 2 heteroatoms. The number of hydrogen-bond acceptors (Lipinski definition) is 2. The summed E-state index contributed by atoms with van der Waals surface area (Å²) in [7, 11) is 0. The van der Waals surface area contributed by atoms with Gasteiger partial charge in [-0.3, -0.25) is 5.32 Å². The van der Waals surface area contributed by atoms with Crippen molar-refractivity contribution in [3.8, 4) is 6.07 Å². The summed E-state index contributed by atoms with van der Waals surface area (Å²) in [6, 6.07) is 2.98. The minimum atomic E-state index is -0.257. The summed E-state index contributed by atoms with van der Waals surface area (Å²) in [5.74, 6) is 1.34. The zero-order valence-corrected chi connectivity index (χ0v) is 10.5. The van der Waals surface area contributed by atoms with Crippen LogP contribution in [0.3, 0.4) is 0 Å². The Morgan fingerprint density at radius 1 is 1.40 bits per heavy atom. The molecule has 1 rings (SSSR count). The summed E-state index contributed by atoms with van der Waals surface area (Å²) in [4.78, 5) is 0. The second-order valence-corrected chi connectivity index (χ2v) is 5.50. The van der Waals surface area contributed by atoms with E-state index in [1.54, 1.807) is 0 Å². The SMILES string of the molecule is CCC(C)NC1(C#N)CC(C)CC(C)C1. The standard InChI is InChI=1S/C13H24N2/c1-5-12(4)15-13(9-14)7-10(2)6-11(3)8-13/h10-12,15H,5-8H2,1-4H3. The number of nitrogens with zero attached hydrogens (tertiary/aromatic N) is 1. The quantitative estimate of drug-likeness (QED) is 0.773. The number of rotatable bonds is 3. The van der Waals surface area contributed by atoms with E-state index in [9.17, 15) is 5.26 Å². The van der Waals surface area contributed by atoms with Crippen LogP contribution >= 0.6 is 0 Å². The highest BCUT2D eigenvalue weighted by Crippen LogP contribution is 2.35. The molecule has 0 aliphatic heterocycles. The Kier molecular flexibility index (Phi) is 4.16. The average Bonchev–Trinajstić information content (AvgIpc) is 2.16. The van der Waals surface area contributed by atoms with Gasteiger partial charge in [0.2, 0.25) is 0 Å². The molecule has 0 heterocycles. The molecule has 1 N–H and O–H groups in total. The van der Waals surface area contributed by atoms with Crippen molar-refractivity contribution in [2.24, 2.45) is 11.8 Å². The zero-order valence-electron chi connectivity index (χ0n) is 10.5. The van der Waals surface area contributed by atoms with Crippen molar-refractivity contribution >= 4 is 0 Å². The Balaban J connectivity index is 2.71. The molecule has 0 radical (unpaired) electrons. The van der Waals surface area contributed by atoms with Crippen molar-refractivity contribution < 1.29 is 0 Å². The highest BCUT2D eigenvalue weighted by atomic mass is 15.0. The van der Waals surface area contributed by atoms with E-state index in [4.69, 9.17) is 0 Å². The zero-order chi connectivity index (χ0) is 11.5. The summed E-state index contributed by atoms with van der Waals surface area (Å²) in [5.41, 5.74) is -0.257. The molecule has 2 nitrogen and oxygen atoms in total. The van der Waals surface area contributed by atoms with Crippen LogP contribution in [-0.4, -0.2) is 11.6 Å².